The predicted molar refractivity (Wildman–Crippen MR) is 65.6 cm³/mol. The van der Waals surface area contributed by atoms with E-state index in [0.29, 0.717) is 4.90 Å². The van der Waals surface area contributed by atoms with Crippen molar-refractivity contribution in [3.05, 3.63) is 0 Å². The van der Waals surface area contributed by atoms with Gasteiger partial charge in [0.2, 0.25) is 11.8 Å². The average molecular weight is 303 g/mol. The molecule has 0 aromatic heterocycles. The molecule has 2 amide bonds. The Kier molecular flexibility index (Phi) is 6.76. The highest BCUT2D eigenvalue weighted by Crippen LogP contribution is 2.19. The summed E-state index contributed by atoms with van der Waals surface area (Å²) in [6.07, 6.45) is -0.621. The third-order valence-electron chi connectivity index (χ3n) is 2.72. The zero-order valence-corrected chi connectivity index (χ0v) is 11.3. The van der Waals surface area contributed by atoms with E-state index in [2.05, 4.69) is 9.47 Å². The molecular formula is C12H17NO8. The second-order valence-corrected chi connectivity index (χ2v) is 4.21. The maximum atomic E-state index is 11.9. The van der Waals surface area contributed by atoms with Crippen LogP contribution in [0.4, 0.5) is 0 Å². The molecule has 9 nitrogen and oxygen atoms in total. The summed E-state index contributed by atoms with van der Waals surface area (Å²) < 4.78 is 9.29. The Morgan fingerprint density at radius 3 is 2.10 bits per heavy atom. The highest BCUT2D eigenvalue weighted by Gasteiger charge is 2.41. The summed E-state index contributed by atoms with van der Waals surface area (Å²) in [6.45, 7) is -1.36. The van der Waals surface area contributed by atoms with Gasteiger partial charge in [0.15, 0.2) is 0 Å². The quantitative estimate of drug-likeness (QED) is 0.387. The molecule has 1 unspecified atom stereocenters. The van der Waals surface area contributed by atoms with Crippen molar-refractivity contribution in [2.24, 2.45) is 0 Å². The molecule has 0 aliphatic carbocycles. The van der Waals surface area contributed by atoms with Gasteiger partial charge in [-0.3, -0.25) is 19.3 Å². The van der Waals surface area contributed by atoms with Gasteiger partial charge in [0.25, 0.3) is 0 Å². The summed E-state index contributed by atoms with van der Waals surface area (Å²) >= 11 is 0. The van der Waals surface area contributed by atoms with Crippen LogP contribution in [0.25, 0.3) is 0 Å². The largest absolute Gasteiger partial charge is 0.463 e. The third kappa shape index (κ3) is 4.80. The number of carbonyl (C=O) groups is 4. The topological polar surface area (TPSA) is 130 Å². The number of carbonyl (C=O) groups excluding carboxylic acids is 4. The van der Waals surface area contributed by atoms with Crippen LogP contribution in [0.15, 0.2) is 0 Å². The van der Waals surface area contributed by atoms with Crippen molar-refractivity contribution in [1.29, 1.82) is 0 Å². The number of hydrogen-bond acceptors (Lipinski definition) is 8. The van der Waals surface area contributed by atoms with Crippen molar-refractivity contribution in [3.63, 3.8) is 0 Å². The maximum absolute atomic E-state index is 11.9. The fourth-order valence-corrected chi connectivity index (χ4v) is 1.84. The first-order chi connectivity index (χ1) is 10.0. The number of aliphatic hydroxyl groups excluding tert-OH is 2. The Morgan fingerprint density at radius 1 is 1.05 bits per heavy atom. The molecule has 1 saturated heterocycles. The molecule has 0 aromatic rings. The molecule has 0 spiro atoms. The molecule has 0 bridgehead atoms. The average Bonchev–Trinajstić information content (AvgIpc) is 2.79. The first-order valence-electron chi connectivity index (χ1n) is 6.40. The highest BCUT2D eigenvalue weighted by molar-refractivity contribution is 6.05. The van der Waals surface area contributed by atoms with E-state index in [9.17, 15) is 19.2 Å². The Hall–Kier alpha value is -2.00. The molecule has 1 aliphatic rings. The van der Waals surface area contributed by atoms with Gasteiger partial charge in [0.05, 0.1) is 19.6 Å². The Morgan fingerprint density at radius 2 is 1.57 bits per heavy atom. The first-order valence-corrected chi connectivity index (χ1v) is 6.40. The minimum Gasteiger partial charge on any atom is -0.463 e. The molecular weight excluding hydrogens is 286 g/mol. The molecule has 1 aliphatic heterocycles. The van der Waals surface area contributed by atoms with Crippen LogP contribution in [-0.2, 0) is 28.7 Å². The second kappa shape index (κ2) is 8.32. The number of aliphatic hydroxyl groups is 2. The molecule has 2 N–H and O–H groups in total. The molecule has 1 rings (SSSR count). The van der Waals surface area contributed by atoms with Crippen LogP contribution in [0.3, 0.4) is 0 Å². The summed E-state index contributed by atoms with van der Waals surface area (Å²) in [4.78, 5) is 47.4. The van der Waals surface area contributed by atoms with Crippen LogP contribution in [0.5, 0.6) is 0 Å². The van der Waals surface area contributed by atoms with Crippen molar-refractivity contribution >= 4 is 23.8 Å². The number of esters is 2. The molecule has 1 fully saturated rings. The lowest BCUT2D eigenvalue weighted by molar-refractivity contribution is -0.162. The van der Waals surface area contributed by atoms with Gasteiger partial charge >= 0.3 is 11.9 Å². The van der Waals surface area contributed by atoms with Gasteiger partial charge in [0.1, 0.15) is 19.3 Å². The van der Waals surface area contributed by atoms with Crippen LogP contribution in [0.2, 0.25) is 0 Å². The number of ether oxygens (including phenoxy) is 2. The number of hydrogen-bond donors (Lipinski definition) is 2. The van der Waals surface area contributed by atoms with Crippen LogP contribution in [-0.4, -0.2) is 71.3 Å². The molecule has 0 saturated carbocycles. The van der Waals surface area contributed by atoms with E-state index in [4.69, 9.17) is 10.2 Å². The Balaban J connectivity index is 2.79. The fourth-order valence-electron chi connectivity index (χ4n) is 1.84. The fraction of sp³-hybridized carbons (Fsp3) is 0.667. The van der Waals surface area contributed by atoms with Crippen LogP contribution < -0.4 is 0 Å². The lowest BCUT2D eigenvalue weighted by Crippen LogP contribution is -2.47. The van der Waals surface area contributed by atoms with Crippen molar-refractivity contribution in [2.75, 3.05) is 26.4 Å². The summed E-state index contributed by atoms with van der Waals surface area (Å²) in [5, 5.41) is 17.2. The standard InChI is InChI=1S/C12H17NO8/c14-3-5-20-11(18)7-8(12(19)21-6-4-15)13-9(16)1-2-10(13)17/h8,14-15H,1-7H2. The lowest BCUT2D eigenvalue weighted by atomic mass is 10.2. The van der Waals surface area contributed by atoms with Gasteiger partial charge in [-0.05, 0) is 0 Å². The number of imide groups is 1. The molecule has 1 atom stereocenters. The van der Waals surface area contributed by atoms with E-state index in [1.165, 1.54) is 0 Å². The van der Waals surface area contributed by atoms with Crippen molar-refractivity contribution < 1.29 is 38.9 Å². The van der Waals surface area contributed by atoms with Gasteiger partial charge in [-0.1, -0.05) is 0 Å². The summed E-state index contributed by atoms with van der Waals surface area (Å²) in [7, 11) is 0. The van der Waals surface area contributed by atoms with Gasteiger partial charge < -0.3 is 19.7 Å². The minimum atomic E-state index is -1.41. The number of amides is 2. The number of likely N-dealkylation sites (tertiary alicyclic amines) is 1. The van der Waals surface area contributed by atoms with E-state index < -0.39 is 42.8 Å². The Labute approximate surface area is 120 Å². The smallest absolute Gasteiger partial charge is 0.330 e. The number of rotatable bonds is 8. The summed E-state index contributed by atoms with van der Waals surface area (Å²) in [5.41, 5.74) is 0. The predicted octanol–water partition coefficient (Wildman–Crippen LogP) is -2.03. The zero-order chi connectivity index (χ0) is 15.8. The van der Waals surface area contributed by atoms with Gasteiger partial charge in [-0.2, -0.15) is 0 Å². The highest BCUT2D eigenvalue weighted by atomic mass is 16.5. The van der Waals surface area contributed by atoms with Gasteiger partial charge in [-0.15, -0.1) is 0 Å². The van der Waals surface area contributed by atoms with E-state index in [1.807, 2.05) is 0 Å². The maximum Gasteiger partial charge on any atom is 0.330 e. The van der Waals surface area contributed by atoms with E-state index >= 15 is 0 Å². The molecule has 0 radical (unpaired) electrons. The zero-order valence-electron chi connectivity index (χ0n) is 11.3. The van der Waals surface area contributed by atoms with Crippen LogP contribution in [0, 0.1) is 0 Å². The van der Waals surface area contributed by atoms with Crippen LogP contribution >= 0.6 is 0 Å². The molecule has 1 heterocycles. The van der Waals surface area contributed by atoms with Crippen molar-refractivity contribution in [1.82, 2.24) is 4.90 Å². The van der Waals surface area contributed by atoms with E-state index in [1.54, 1.807) is 0 Å². The first kappa shape index (κ1) is 17.1. The third-order valence-corrected chi connectivity index (χ3v) is 2.72. The SMILES string of the molecule is O=C(CC(C(=O)OCCO)N1C(=O)CCC1=O)OCCO. The monoisotopic (exact) mass is 303 g/mol. The van der Waals surface area contributed by atoms with Crippen LogP contribution in [0.1, 0.15) is 19.3 Å². The van der Waals surface area contributed by atoms with E-state index in [-0.39, 0.29) is 32.7 Å². The minimum absolute atomic E-state index is 0.0334. The van der Waals surface area contributed by atoms with Crippen molar-refractivity contribution in [3.8, 4) is 0 Å². The lowest BCUT2D eigenvalue weighted by Gasteiger charge is -2.23. The Bertz CT molecular complexity index is 405. The normalized spacial score (nSPS) is 16.0. The number of nitrogens with zero attached hydrogens (tertiary/aromatic N) is 1. The molecule has 9 heteroatoms. The molecule has 118 valence electrons. The van der Waals surface area contributed by atoms with Crippen molar-refractivity contribution in [2.45, 2.75) is 25.3 Å². The molecule has 21 heavy (non-hydrogen) atoms. The van der Waals surface area contributed by atoms with Gasteiger partial charge in [0, 0.05) is 12.8 Å². The second-order valence-electron chi connectivity index (χ2n) is 4.21. The van der Waals surface area contributed by atoms with Gasteiger partial charge in [-0.25, -0.2) is 4.79 Å². The summed E-state index contributed by atoms with van der Waals surface area (Å²) in [6, 6.07) is -1.41. The summed E-state index contributed by atoms with van der Waals surface area (Å²) in [5.74, 6) is -2.95. The molecule has 0 aromatic carbocycles. The van der Waals surface area contributed by atoms with E-state index in [0.717, 1.165) is 0 Å².